The third-order valence-corrected chi connectivity index (χ3v) is 4.12. The molecule has 0 spiro atoms. The molecule has 0 aromatic heterocycles. The summed E-state index contributed by atoms with van der Waals surface area (Å²) in [4.78, 5) is 0. The van der Waals surface area contributed by atoms with Gasteiger partial charge in [-0.25, -0.2) is 0 Å². The molecule has 0 N–H and O–H groups in total. The summed E-state index contributed by atoms with van der Waals surface area (Å²) in [5.41, 5.74) is 0. The van der Waals surface area contributed by atoms with Crippen LogP contribution in [0.15, 0.2) is 0 Å². The Labute approximate surface area is 102 Å². The molecule has 0 heterocycles. The highest BCUT2D eigenvalue weighted by molar-refractivity contribution is 7.41. The summed E-state index contributed by atoms with van der Waals surface area (Å²) in [6.45, 7) is 12.5. The first-order valence-electron chi connectivity index (χ1n) is 6.33. The van der Waals surface area contributed by atoms with Gasteiger partial charge in [-0.3, -0.25) is 0 Å². The van der Waals surface area contributed by atoms with Crippen LogP contribution in [0.3, 0.4) is 0 Å². The predicted octanol–water partition coefficient (Wildman–Crippen LogP) is 4.66. The molecular formula is C12H27O3P. The van der Waals surface area contributed by atoms with Crippen LogP contribution in [0.2, 0.25) is 0 Å². The molecule has 0 bridgehead atoms. The standard InChI is InChI=1S/C12H27O3P/c1-7-10(4)13-16(14-11(5)8-2)15-12(6)9-3/h10-12H,7-9H2,1-6H3/t10-,11-,12+/m1/s1. The molecule has 3 atom stereocenters. The molecule has 16 heavy (non-hydrogen) atoms. The predicted molar refractivity (Wildman–Crippen MR) is 69.4 cm³/mol. The average Bonchev–Trinajstić information content (AvgIpc) is 2.28. The van der Waals surface area contributed by atoms with Crippen molar-refractivity contribution in [3.63, 3.8) is 0 Å². The normalized spacial score (nSPS) is 17.4. The molecule has 0 unspecified atom stereocenters. The fourth-order valence-corrected chi connectivity index (χ4v) is 2.22. The van der Waals surface area contributed by atoms with Crippen LogP contribution >= 0.6 is 8.60 Å². The Morgan fingerprint density at radius 3 is 1.12 bits per heavy atom. The minimum atomic E-state index is -1.20. The Bertz CT molecular complexity index is 138. The van der Waals surface area contributed by atoms with Gasteiger partial charge in [0.25, 0.3) is 0 Å². The van der Waals surface area contributed by atoms with E-state index in [0.29, 0.717) is 0 Å². The molecule has 0 saturated heterocycles. The summed E-state index contributed by atoms with van der Waals surface area (Å²) in [5, 5.41) is 0. The van der Waals surface area contributed by atoms with Gasteiger partial charge in [0.05, 0.1) is 18.3 Å². The number of hydrogen-bond donors (Lipinski definition) is 0. The zero-order chi connectivity index (χ0) is 12.6. The van der Waals surface area contributed by atoms with E-state index in [9.17, 15) is 0 Å². The fourth-order valence-electron chi connectivity index (χ4n) is 0.739. The van der Waals surface area contributed by atoms with E-state index in [2.05, 4.69) is 41.5 Å². The van der Waals surface area contributed by atoms with Crippen LogP contribution in [-0.2, 0) is 13.6 Å². The lowest BCUT2D eigenvalue weighted by Crippen LogP contribution is -2.13. The van der Waals surface area contributed by atoms with E-state index >= 15 is 0 Å². The van der Waals surface area contributed by atoms with Crippen molar-refractivity contribution in [2.45, 2.75) is 79.1 Å². The van der Waals surface area contributed by atoms with Gasteiger partial charge in [0, 0.05) is 0 Å². The van der Waals surface area contributed by atoms with E-state index < -0.39 is 8.60 Å². The molecule has 0 aromatic carbocycles. The fraction of sp³-hybridized carbons (Fsp3) is 1.00. The zero-order valence-electron chi connectivity index (χ0n) is 11.5. The van der Waals surface area contributed by atoms with Gasteiger partial charge in [0.15, 0.2) is 0 Å². The van der Waals surface area contributed by atoms with Crippen molar-refractivity contribution in [1.82, 2.24) is 0 Å². The van der Waals surface area contributed by atoms with Gasteiger partial charge >= 0.3 is 8.60 Å². The van der Waals surface area contributed by atoms with Gasteiger partial charge in [0.1, 0.15) is 0 Å². The average molecular weight is 250 g/mol. The highest BCUT2D eigenvalue weighted by atomic mass is 31.2. The van der Waals surface area contributed by atoms with Crippen molar-refractivity contribution in [3.05, 3.63) is 0 Å². The minimum absolute atomic E-state index is 0.194. The molecule has 0 amide bonds. The Morgan fingerprint density at radius 1 is 0.688 bits per heavy atom. The van der Waals surface area contributed by atoms with Crippen LogP contribution < -0.4 is 0 Å². The molecule has 0 radical (unpaired) electrons. The van der Waals surface area contributed by atoms with E-state index in [4.69, 9.17) is 13.6 Å². The van der Waals surface area contributed by atoms with Crippen molar-refractivity contribution in [2.75, 3.05) is 0 Å². The Morgan fingerprint density at radius 2 is 0.938 bits per heavy atom. The molecule has 0 aliphatic carbocycles. The van der Waals surface area contributed by atoms with Crippen LogP contribution in [0.5, 0.6) is 0 Å². The number of rotatable bonds is 9. The van der Waals surface area contributed by atoms with Crippen molar-refractivity contribution in [2.24, 2.45) is 0 Å². The van der Waals surface area contributed by atoms with Crippen molar-refractivity contribution < 1.29 is 13.6 Å². The lowest BCUT2D eigenvalue weighted by Gasteiger charge is -2.25. The van der Waals surface area contributed by atoms with Crippen LogP contribution in [0.1, 0.15) is 60.8 Å². The van der Waals surface area contributed by atoms with Crippen LogP contribution in [0, 0.1) is 0 Å². The minimum Gasteiger partial charge on any atom is -0.309 e. The number of hydrogen-bond acceptors (Lipinski definition) is 3. The zero-order valence-corrected chi connectivity index (χ0v) is 12.4. The van der Waals surface area contributed by atoms with Crippen molar-refractivity contribution in [1.29, 1.82) is 0 Å². The molecule has 0 aliphatic rings. The van der Waals surface area contributed by atoms with E-state index in [1.807, 2.05) is 0 Å². The third-order valence-electron chi connectivity index (χ3n) is 2.52. The highest BCUT2D eigenvalue weighted by Crippen LogP contribution is 2.44. The molecule has 0 aliphatic heterocycles. The second kappa shape index (κ2) is 9.35. The van der Waals surface area contributed by atoms with E-state index in [-0.39, 0.29) is 18.3 Å². The first-order valence-corrected chi connectivity index (χ1v) is 7.43. The third kappa shape index (κ3) is 7.56. The largest absolute Gasteiger partial charge is 0.333 e. The first kappa shape index (κ1) is 16.3. The molecule has 98 valence electrons. The highest BCUT2D eigenvalue weighted by Gasteiger charge is 2.20. The maximum Gasteiger partial charge on any atom is 0.333 e. The van der Waals surface area contributed by atoms with Crippen molar-refractivity contribution >= 4 is 8.60 Å². The molecule has 0 rings (SSSR count). The lowest BCUT2D eigenvalue weighted by atomic mass is 10.3. The van der Waals surface area contributed by atoms with Gasteiger partial charge in [-0.15, -0.1) is 0 Å². The second-order valence-electron chi connectivity index (χ2n) is 4.20. The first-order chi connectivity index (χ1) is 7.53. The van der Waals surface area contributed by atoms with Gasteiger partial charge in [-0.2, -0.15) is 0 Å². The second-order valence-corrected chi connectivity index (χ2v) is 5.28. The van der Waals surface area contributed by atoms with Gasteiger partial charge in [-0.05, 0) is 40.0 Å². The summed E-state index contributed by atoms with van der Waals surface area (Å²) in [6.07, 6.45) is 3.52. The van der Waals surface area contributed by atoms with E-state index in [0.717, 1.165) is 19.3 Å². The summed E-state index contributed by atoms with van der Waals surface area (Å²) in [7, 11) is -1.20. The molecule has 0 saturated carbocycles. The summed E-state index contributed by atoms with van der Waals surface area (Å²) in [5.74, 6) is 0. The smallest absolute Gasteiger partial charge is 0.309 e. The summed E-state index contributed by atoms with van der Waals surface area (Å²) in [6, 6.07) is 0. The summed E-state index contributed by atoms with van der Waals surface area (Å²) >= 11 is 0. The van der Waals surface area contributed by atoms with Gasteiger partial charge in [-0.1, -0.05) is 20.8 Å². The maximum atomic E-state index is 5.76. The van der Waals surface area contributed by atoms with Crippen LogP contribution in [-0.4, -0.2) is 18.3 Å². The molecule has 3 nitrogen and oxygen atoms in total. The molecular weight excluding hydrogens is 223 g/mol. The Kier molecular flexibility index (Phi) is 9.53. The lowest BCUT2D eigenvalue weighted by molar-refractivity contribution is 0.0764. The Balaban J connectivity index is 4.15. The van der Waals surface area contributed by atoms with Crippen molar-refractivity contribution in [3.8, 4) is 0 Å². The van der Waals surface area contributed by atoms with Gasteiger partial charge in [0.2, 0.25) is 0 Å². The van der Waals surface area contributed by atoms with E-state index in [1.54, 1.807) is 0 Å². The SMILES string of the molecule is CC[C@@H](C)OP(O[C@H](C)CC)O[C@@H](C)CC. The Hall–Kier alpha value is 0.310. The monoisotopic (exact) mass is 250 g/mol. The molecule has 4 heteroatoms. The topological polar surface area (TPSA) is 27.7 Å². The van der Waals surface area contributed by atoms with E-state index in [1.165, 1.54) is 0 Å². The molecule has 0 fully saturated rings. The van der Waals surface area contributed by atoms with Crippen LogP contribution in [0.25, 0.3) is 0 Å². The van der Waals surface area contributed by atoms with Crippen LogP contribution in [0.4, 0.5) is 0 Å². The van der Waals surface area contributed by atoms with Gasteiger partial charge < -0.3 is 13.6 Å². The molecule has 0 aromatic rings. The summed E-state index contributed by atoms with van der Waals surface area (Å²) < 4.78 is 17.3. The quantitative estimate of drug-likeness (QED) is 0.557. The maximum absolute atomic E-state index is 5.76.